The normalized spacial score (nSPS) is 25.8. The Morgan fingerprint density at radius 1 is 1.13 bits per heavy atom. The van der Waals surface area contributed by atoms with Crippen LogP contribution in [0.5, 0.6) is 0 Å². The molecular weight excluding hydrogens is 543 g/mol. The molecule has 2 saturated heterocycles. The first kappa shape index (κ1) is 29.1. The largest absolute Gasteiger partial charge is 0.421 e. The van der Waals surface area contributed by atoms with Crippen molar-refractivity contribution in [2.24, 2.45) is 0 Å². The third kappa shape index (κ3) is 5.83. The maximum atomic E-state index is 13.5. The topological polar surface area (TPSA) is 93.6 Å². The Balaban J connectivity index is 1.62. The second-order valence-corrected chi connectivity index (χ2v) is 12.2. The molecule has 0 saturated carbocycles. The van der Waals surface area contributed by atoms with Gasteiger partial charge in [-0.05, 0) is 30.7 Å². The van der Waals surface area contributed by atoms with Crippen LogP contribution in [0.4, 0.5) is 18.9 Å². The van der Waals surface area contributed by atoms with Gasteiger partial charge in [0.2, 0.25) is 10.0 Å². The van der Waals surface area contributed by atoms with E-state index in [4.69, 9.17) is 17.0 Å². The van der Waals surface area contributed by atoms with E-state index in [1.54, 1.807) is 12.2 Å². The van der Waals surface area contributed by atoms with Gasteiger partial charge in [0.15, 0.2) is 5.60 Å². The number of nitrogens with zero attached hydrogens (tertiary/aromatic N) is 3. The number of morpholine rings is 1. The molecule has 0 bridgehead atoms. The first-order valence-corrected chi connectivity index (χ1v) is 14.2. The van der Waals surface area contributed by atoms with Crippen LogP contribution in [0.25, 0.3) is 0 Å². The number of sulfonamides is 1. The Kier molecular flexibility index (Phi) is 8.67. The van der Waals surface area contributed by atoms with Crippen LogP contribution in [0.15, 0.2) is 47.4 Å². The summed E-state index contributed by atoms with van der Waals surface area (Å²) in [6.07, 6.45) is 0.528. The van der Waals surface area contributed by atoms with E-state index in [1.807, 2.05) is 9.80 Å². The van der Waals surface area contributed by atoms with Crippen LogP contribution in [-0.2, 0) is 20.4 Å². The Hall–Kier alpha value is -1.87. The molecule has 2 fully saturated rings. The number of aliphatic hydroxyl groups is 2. The summed E-state index contributed by atoms with van der Waals surface area (Å²) in [5.41, 5.74) is -2.68. The lowest BCUT2D eigenvalue weighted by molar-refractivity contribution is -0.258. The molecule has 2 heterocycles. The molecule has 13 heteroatoms. The molecular formula is C25H32F3N3O5S2. The molecule has 0 unspecified atom stereocenters. The van der Waals surface area contributed by atoms with Gasteiger partial charge in [-0.3, -0.25) is 4.90 Å². The summed E-state index contributed by atoms with van der Waals surface area (Å²) in [6, 6.07) is 4.89. The van der Waals surface area contributed by atoms with Crippen LogP contribution in [0.1, 0.15) is 18.9 Å². The van der Waals surface area contributed by atoms with Gasteiger partial charge >= 0.3 is 6.18 Å². The van der Waals surface area contributed by atoms with Gasteiger partial charge in [0.05, 0.1) is 36.8 Å². The minimum Gasteiger partial charge on any atom is -0.395 e. The molecule has 2 N–H and O–H groups in total. The molecule has 1 aromatic rings. The molecule has 0 radical (unpaired) electrons. The van der Waals surface area contributed by atoms with Crippen LogP contribution in [0.2, 0.25) is 0 Å². The van der Waals surface area contributed by atoms with E-state index in [9.17, 15) is 31.8 Å². The van der Waals surface area contributed by atoms with Crippen molar-refractivity contribution in [3.05, 3.63) is 53.0 Å². The number of aliphatic hydroxyl groups excluding tert-OH is 1. The van der Waals surface area contributed by atoms with E-state index in [-0.39, 0.29) is 42.2 Å². The van der Waals surface area contributed by atoms with Crippen molar-refractivity contribution in [3.63, 3.8) is 0 Å². The SMILES string of the molecule is C[C@@](O)(c1ccc(N2CCN(S(=O)(=O)C3=CC=CCC3=S)C[C@H]2CN2CCOC[C@H]2CO)cc1)C(F)(F)F. The van der Waals surface area contributed by atoms with Crippen molar-refractivity contribution in [1.29, 1.82) is 0 Å². The Bertz CT molecular complexity index is 1190. The lowest BCUT2D eigenvalue weighted by atomic mass is 9.95. The molecule has 8 nitrogen and oxygen atoms in total. The highest BCUT2D eigenvalue weighted by molar-refractivity contribution is 7.96. The van der Waals surface area contributed by atoms with Crippen molar-refractivity contribution >= 4 is 32.8 Å². The number of alkyl halides is 3. The van der Waals surface area contributed by atoms with E-state index in [2.05, 4.69) is 0 Å². The van der Waals surface area contributed by atoms with Crippen molar-refractivity contribution in [1.82, 2.24) is 9.21 Å². The van der Waals surface area contributed by atoms with Gasteiger partial charge in [-0.25, -0.2) is 8.42 Å². The smallest absolute Gasteiger partial charge is 0.395 e. The highest BCUT2D eigenvalue weighted by Crippen LogP contribution is 2.39. The molecule has 2 aliphatic heterocycles. The van der Waals surface area contributed by atoms with Crippen LogP contribution < -0.4 is 4.90 Å². The van der Waals surface area contributed by atoms with E-state index in [1.165, 1.54) is 34.6 Å². The van der Waals surface area contributed by atoms with E-state index in [0.29, 0.717) is 56.7 Å². The van der Waals surface area contributed by atoms with Crippen molar-refractivity contribution in [2.75, 3.05) is 57.4 Å². The second-order valence-electron chi connectivity index (χ2n) is 9.82. The highest BCUT2D eigenvalue weighted by Gasteiger charge is 2.51. The maximum Gasteiger partial charge on any atom is 0.421 e. The number of halogens is 3. The molecule has 210 valence electrons. The maximum absolute atomic E-state index is 13.5. The molecule has 38 heavy (non-hydrogen) atoms. The van der Waals surface area contributed by atoms with Gasteiger partial charge in [-0.1, -0.05) is 36.5 Å². The van der Waals surface area contributed by atoms with Gasteiger partial charge in [0, 0.05) is 49.7 Å². The molecule has 0 amide bonds. The van der Waals surface area contributed by atoms with Gasteiger partial charge in [-0.2, -0.15) is 17.5 Å². The third-order valence-electron chi connectivity index (χ3n) is 7.34. The summed E-state index contributed by atoms with van der Waals surface area (Å²) in [5, 5.41) is 19.9. The molecule has 3 aliphatic rings. The number of ether oxygens (including phenoxy) is 1. The number of anilines is 1. The average molecular weight is 576 g/mol. The first-order chi connectivity index (χ1) is 17.9. The third-order valence-corrected chi connectivity index (χ3v) is 9.81. The van der Waals surface area contributed by atoms with E-state index < -0.39 is 21.8 Å². The minimum absolute atomic E-state index is 0.112. The fourth-order valence-electron chi connectivity index (χ4n) is 4.94. The number of hydrogen-bond acceptors (Lipinski definition) is 8. The quantitative estimate of drug-likeness (QED) is 0.478. The van der Waals surface area contributed by atoms with Gasteiger partial charge < -0.3 is 19.8 Å². The molecule has 1 aliphatic carbocycles. The average Bonchev–Trinajstić information content (AvgIpc) is 2.88. The number of thiocarbonyl (C=S) groups is 1. The summed E-state index contributed by atoms with van der Waals surface area (Å²) < 4.78 is 73.9. The predicted molar refractivity (Wildman–Crippen MR) is 141 cm³/mol. The van der Waals surface area contributed by atoms with Crippen LogP contribution in [-0.4, -0.2) is 104 Å². The molecule has 1 aromatic carbocycles. The zero-order valence-electron chi connectivity index (χ0n) is 21.0. The second kappa shape index (κ2) is 11.3. The number of hydrogen-bond donors (Lipinski definition) is 2. The minimum atomic E-state index is -4.84. The van der Waals surface area contributed by atoms with Crippen LogP contribution in [0.3, 0.4) is 0 Å². The zero-order chi connectivity index (χ0) is 27.7. The van der Waals surface area contributed by atoms with Gasteiger partial charge in [0.1, 0.15) is 0 Å². The van der Waals surface area contributed by atoms with E-state index >= 15 is 0 Å². The lowest BCUT2D eigenvalue weighted by Crippen LogP contribution is -2.61. The predicted octanol–water partition coefficient (Wildman–Crippen LogP) is 2.18. The molecule has 0 spiro atoms. The summed E-state index contributed by atoms with van der Waals surface area (Å²) in [7, 11) is -3.85. The Morgan fingerprint density at radius 3 is 2.47 bits per heavy atom. The van der Waals surface area contributed by atoms with E-state index in [0.717, 1.165) is 0 Å². The lowest BCUT2D eigenvalue weighted by Gasteiger charge is -2.46. The standard InChI is InChI=1S/C25H32F3N3O5S2/c1-24(33,25(26,27)28)18-6-8-19(9-7-18)31-11-10-30(38(34,35)23-5-3-2-4-22(23)37)15-20(31)14-29-12-13-36-17-21(29)16-32/h2-3,5-9,20-21,32-33H,4,10-17H2,1H3/t20-,21-,24-/m1/s1. The number of piperazine rings is 1. The fraction of sp³-hybridized carbons (Fsp3) is 0.560. The van der Waals surface area contributed by atoms with Crippen molar-refractivity contribution in [2.45, 2.75) is 37.2 Å². The van der Waals surface area contributed by atoms with Gasteiger partial charge in [0.25, 0.3) is 0 Å². The highest BCUT2D eigenvalue weighted by atomic mass is 32.2. The summed E-state index contributed by atoms with van der Waals surface area (Å²) in [5.74, 6) is 0. The Labute approximate surface area is 226 Å². The summed E-state index contributed by atoms with van der Waals surface area (Å²) in [4.78, 5) is 4.48. The Morgan fingerprint density at radius 2 is 1.84 bits per heavy atom. The molecule has 0 aromatic heterocycles. The first-order valence-electron chi connectivity index (χ1n) is 12.4. The zero-order valence-corrected chi connectivity index (χ0v) is 22.6. The monoisotopic (exact) mass is 575 g/mol. The number of benzene rings is 1. The summed E-state index contributed by atoms with van der Waals surface area (Å²) in [6.45, 7) is 2.95. The number of allylic oxidation sites excluding steroid dienone is 4. The van der Waals surface area contributed by atoms with Crippen LogP contribution >= 0.6 is 12.2 Å². The van der Waals surface area contributed by atoms with Crippen LogP contribution in [0, 0.1) is 0 Å². The molecule has 3 atom stereocenters. The fourth-order valence-corrected chi connectivity index (χ4v) is 7.01. The van der Waals surface area contributed by atoms with Crippen molar-refractivity contribution in [3.8, 4) is 0 Å². The molecule has 4 rings (SSSR count). The van der Waals surface area contributed by atoms with Gasteiger partial charge in [-0.15, -0.1) is 0 Å². The summed E-state index contributed by atoms with van der Waals surface area (Å²) >= 11 is 5.32. The number of rotatable bonds is 7. The van der Waals surface area contributed by atoms with Crippen molar-refractivity contribution < 1.29 is 36.5 Å².